The minimum atomic E-state index is -0.273. The van der Waals surface area contributed by atoms with Gasteiger partial charge in [0.15, 0.2) is 5.82 Å². The maximum Gasteiger partial charge on any atom is 0.158 e. The third-order valence-corrected chi connectivity index (χ3v) is 2.81. The molecule has 0 spiro atoms. The van der Waals surface area contributed by atoms with Gasteiger partial charge in [0.05, 0.1) is 0 Å². The number of nitrogens with zero attached hydrogens (tertiary/aromatic N) is 2. The van der Waals surface area contributed by atoms with Crippen LogP contribution in [0.3, 0.4) is 0 Å². The SMILES string of the molecule is CCOCc1nc(Cl)cc(Nc2ccc(C)c(F)c2)n1. The van der Waals surface area contributed by atoms with Crippen LogP contribution in [0.15, 0.2) is 24.3 Å². The topological polar surface area (TPSA) is 47.0 Å². The van der Waals surface area contributed by atoms with Crippen LogP contribution < -0.4 is 5.32 Å². The molecule has 0 unspecified atom stereocenters. The van der Waals surface area contributed by atoms with Crippen molar-refractivity contribution in [1.82, 2.24) is 9.97 Å². The van der Waals surface area contributed by atoms with Crippen molar-refractivity contribution in [2.75, 3.05) is 11.9 Å². The number of halogens is 2. The molecule has 0 aliphatic heterocycles. The molecular formula is C14H15ClFN3O. The number of nitrogens with one attached hydrogen (secondary N) is 1. The van der Waals surface area contributed by atoms with Gasteiger partial charge in [0, 0.05) is 18.4 Å². The highest BCUT2D eigenvalue weighted by atomic mass is 35.5. The van der Waals surface area contributed by atoms with Crippen LogP contribution in [0.5, 0.6) is 0 Å². The molecule has 0 saturated carbocycles. The van der Waals surface area contributed by atoms with Gasteiger partial charge in [-0.05, 0) is 31.5 Å². The van der Waals surface area contributed by atoms with Crippen LogP contribution in [0.4, 0.5) is 15.9 Å². The predicted molar refractivity (Wildman–Crippen MR) is 76.8 cm³/mol. The van der Waals surface area contributed by atoms with Crippen LogP contribution in [0.25, 0.3) is 0 Å². The smallest absolute Gasteiger partial charge is 0.158 e. The first-order valence-corrected chi connectivity index (χ1v) is 6.60. The van der Waals surface area contributed by atoms with Gasteiger partial charge >= 0.3 is 0 Å². The van der Waals surface area contributed by atoms with Gasteiger partial charge in [0.25, 0.3) is 0 Å². The first kappa shape index (κ1) is 14.7. The molecule has 0 saturated heterocycles. The second kappa shape index (κ2) is 6.63. The molecule has 1 heterocycles. The van der Waals surface area contributed by atoms with E-state index in [2.05, 4.69) is 15.3 Å². The van der Waals surface area contributed by atoms with Gasteiger partial charge in [-0.3, -0.25) is 0 Å². The van der Waals surface area contributed by atoms with Gasteiger partial charge in [-0.15, -0.1) is 0 Å². The van der Waals surface area contributed by atoms with Crippen molar-refractivity contribution in [2.45, 2.75) is 20.5 Å². The summed E-state index contributed by atoms with van der Waals surface area (Å²) < 4.78 is 18.7. The lowest BCUT2D eigenvalue weighted by atomic mass is 10.2. The predicted octanol–water partition coefficient (Wildman–Crippen LogP) is 3.86. The Balaban J connectivity index is 2.19. The molecule has 0 bridgehead atoms. The molecule has 20 heavy (non-hydrogen) atoms. The van der Waals surface area contributed by atoms with E-state index in [1.807, 2.05) is 6.92 Å². The number of ether oxygens (including phenoxy) is 1. The third kappa shape index (κ3) is 3.88. The van der Waals surface area contributed by atoms with Gasteiger partial charge in [-0.25, -0.2) is 14.4 Å². The highest BCUT2D eigenvalue weighted by Gasteiger charge is 2.05. The first-order valence-electron chi connectivity index (χ1n) is 6.23. The zero-order valence-electron chi connectivity index (χ0n) is 11.3. The lowest BCUT2D eigenvalue weighted by Crippen LogP contribution is -2.03. The van der Waals surface area contributed by atoms with E-state index in [4.69, 9.17) is 16.3 Å². The van der Waals surface area contributed by atoms with Crippen molar-refractivity contribution in [1.29, 1.82) is 0 Å². The summed E-state index contributed by atoms with van der Waals surface area (Å²) in [5, 5.41) is 3.31. The van der Waals surface area contributed by atoms with Crippen molar-refractivity contribution >= 4 is 23.1 Å². The Morgan fingerprint density at radius 3 is 2.80 bits per heavy atom. The molecule has 4 nitrogen and oxygen atoms in total. The third-order valence-electron chi connectivity index (χ3n) is 2.62. The molecule has 0 fully saturated rings. The summed E-state index contributed by atoms with van der Waals surface area (Å²) in [7, 11) is 0. The summed E-state index contributed by atoms with van der Waals surface area (Å²) in [4.78, 5) is 8.32. The van der Waals surface area contributed by atoms with E-state index < -0.39 is 0 Å². The maximum absolute atomic E-state index is 13.5. The van der Waals surface area contributed by atoms with Crippen molar-refractivity contribution in [3.63, 3.8) is 0 Å². The lowest BCUT2D eigenvalue weighted by Gasteiger charge is -2.09. The Kier molecular flexibility index (Phi) is 4.87. The van der Waals surface area contributed by atoms with Crippen LogP contribution in [0.2, 0.25) is 5.15 Å². The van der Waals surface area contributed by atoms with Gasteiger partial charge in [0.1, 0.15) is 23.4 Å². The number of aryl methyl sites for hydroxylation is 1. The monoisotopic (exact) mass is 295 g/mol. The lowest BCUT2D eigenvalue weighted by molar-refractivity contribution is 0.128. The molecule has 0 aliphatic carbocycles. The average Bonchev–Trinajstić information content (AvgIpc) is 2.40. The summed E-state index contributed by atoms with van der Waals surface area (Å²) in [6.45, 7) is 4.45. The fraction of sp³-hybridized carbons (Fsp3) is 0.286. The molecular weight excluding hydrogens is 281 g/mol. The molecule has 2 rings (SSSR count). The van der Waals surface area contributed by atoms with Crippen LogP contribution in [-0.2, 0) is 11.3 Å². The van der Waals surface area contributed by atoms with E-state index in [0.717, 1.165) is 0 Å². The average molecular weight is 296 g/mol. The van der Waals surface area contributed by atoms with Crippen molar-refractivity contribution in [2.24, 2.45) is 0 Å². The minimum Gasteiger partial charge on any atom is -0.374 e. The van der Waals surface area contributed by atoms with Crippen LogP contribution >= 0.6 is 11.6 Å². The second-order valence-corrected chi connectivity index (χ2v) is 4.61. The Hall–Kier alpha value is -1.72. The molecule has 0 radical (unpaired) electrons. The molecule has 1 aromatic heterocycles. The summed E-state index contributed by atoms with van der Waals surface area (Å²) in [5.74, 6) is 0.710. The Morgan fingerprint density at radius 2 is 2.10 bits per heavy atom. The highest BCUT2D eigenvalue weighted by Crippen LogP contribution is 2.20. The van der Waals surface area contributed by atoms with Crippen molar-refractivity contribution < 1.29 is 9.13 Å². The minimum absolute atomic E-state index is 0.273. The number of rotatable bonds is 5. The Labute approximate surface area is 122 Å². The Bertz CT molecular complexity index is 607. The zero-order valence-corrected chi connectivity index (χ0v) is 12.0. The summed E-state index contributed by atoms with van der Waals surface area (Å²) >= 11 is 5.93. The normalized spacial score (nSPS) is 10.6. The standard InChI is InChI=1S/C14H15ClFN3O/c1-3-20-8-14-18-12(15)7-13(19-14)17-10-5-4-9(2)11(16)6-10/h4-7H,3,8H2,1-2H3,(H,17,18,19). The van der Waals surface area contributed by atoms with Gasteiger partial charge in [0.2, 0.25) is 0 Å². The second-order valence-electron chi connectivity index (χ2n) is 4.22. The number of anilines is 2. The molecule has 1 aromatic carbocycles. The maximum atomic E-state index is 13.5. The number of benzene rings is 1. The van der Waals surface area contributed by atoms with E-state index in [0.29, 0.717) is 34.7 Å². The van der Waals surface area contributed by atoms with Crippen LogP contribution in [-0.4, -0.2) is 16.6 Å². The van der Waals surface area contributed by atoms with E-state index in [-0.39, 0.29) is 12.4 Å². The van der Waals surface area contributed by atoms with Crippen molar-refractivity contribution in [3.05, 3.63) is 46.6 Å². The number of aromatic nitrogens is 2. The van der Waals surface area contributed by atoms with Crippen LogP contribution in [0.1, 0.15) is 18.3 Å². The van der Waals surface area contributed by atoms with E-state index >= 15 is 0 Å². The highest BCUT2D eigenvalue weighted by molar-refractivity contribution is 6.29. The molecule has 1 N–H and O–H groups in total. The van der Waals surface area contributed by atoms with E-state index in [9.17, 15) is 4.39 Å². The van der Waals surface area contributed by atoms with Crippen LogP contribution in [0, 0.1) is 12.7 Å². The number of hydrogen-bond acceptors (Lipinski definition) is 4. The molecule has 0 atom stereocenters. The molecule has 106 valence electrons. The molecule has 6 heteroatoms. The zero-order chi connectivity index (χ0) is 14.5. The summed E-state index contributed by atoms with van der Waals surface area (Å²) in [6.07, 6.45) is 0. The quantitative estimate of drug-likeness (QED) is 0.851. The Morgan fingerprint density at radius 1 is 1.30 bits per heavy atom. The molecule has 2 aromatic rings. The molecule has 0 amide bonds. The largest absolute Gasteiger partial charge is 0.374 e. The van der Waals surface area contributed by atoms with E-state index in [1.54, 1.807) is 25.1 Å². The summed E-state index contributed by atoms with van der Waals surface area (Å²) in [5.41, 5.74) is 1.19. The van der Waals surface area contributed by atoms with Gasteiger partial charge < -0.3 is 10.1 Å². The van der Waals surface area contributed by atoms with Gasteiger partial charge in [-0.2, -0.15) is 0 Å². The first-order chi connectivity index (χ1) is 9.58. The fourth-order valence-corrected chi connectivity index (χ4v) is 1.81. The van der Waals surface area contributed by atoms with Gasteiger partial charge in [-0.1, -0.05) is 17.7 Å². The fourth-order valence-electron chi connectivity index (χ4n) is 1.61. The van der Waals surface area contributed by atoms with E-state index in [1.165, 1.54) is 6.07 Å². The molecule has 0 aliphatic rings. The number of hydrogen-bond donors (Lipinski definition) is 1. The van der Waals surface area contributed by atoms with Crippen molar-refractivity contribution in [3.8, 4) is 0 Å². The summed E-state index contributed by atoms with van der Waals surface area (Å²) in [6, 6.07) is 6.46.